The Morgan fingerprint density at radius 1 is 1.10 bits per heavy atom. The van der Waals surface area contributed by atoms with Crippen LogP contribution in [0.15, 0.2) is 42.5 Å². The van der Waals surface area contributed by atoms with Gasteiger partial charge >= 0.3 is 0 Å². The fourth-order valence-electron chi connectivity index (χ4n) is 3.41. The fourth-order valence-corrected chi connectivity index (χ4v) is 4.61. The van der Waals surface area contributed by atoms with Crippen molar-refractivity contribution in [3.05, 3.63) is 65.0 Å². The minimum absolute atomic E-state index is 0.278. The summed E-state index contributed by atoms with van der Waals surface area (Å²) in [6.07, 6.45) is 2.85. The molecule has 0 unspecified atom stereocenters. The molecule has 0 heterocycles. The van der Waals surface area contributed by atoms with Crippen LogP contribution in [0.1, 0.15) is 36.5 Å². The van der Waals surface area contributed by atoms with E-state index in [1.54, 1.807) is 31.2 Å². The number of carbonyl (C=O) groups is 1. The number of benzene rings is 2. The molecular formula is C22H29FN2O3S. The number of amides is 1. The van der Waals surface area contributed by atoms with Crippen LogP contribution in [0, 0.1) is 19.7 Å². The summed E-state index contributed by atoms with van der Waals surface area (Å²) in [7, 11) is -3.65. The third-order valence-corrected chi connectivity index (χ3v) is 5.83. The number of sulfonamides is 1. The average molecular weight is 421 g/mol. The van der Waals surface area contributed by atoms with Crippen molar-refractivity contribution in [3.63, 3.8) is 0 Å². The molecule has 7 heteroatoms. The Hall–Kier alpha value is -2.41. The molecule has 0 radical (unpaired) electrons. The lowest BCUT2D eigenvalue weighted by atomic mass is 10.1. The zero-order chi connectivity index (χ0) is 21.6. The van der Waals surface area contributed by atoms with E-state index in [0.29, 0.717) is 31.5 Å². The molecule has 0 aliphatic rings. The third kappa shape index (κ3) is 6.56. The number of halogens is 1. The van der Waals surface area contributed by atoms with Crippen LogP contribution in [0.5, 0.6) is 0 Å². The highest BCUT2D eigenvalue weighted by Crippen LogP contribution is 2.25. The number of rotatable bonds is 9. The van der Waals surface area contributed by atoms with E-state index >= 15 is 0 Å². The van der Waals surface area contributed by atoms with Crippen molar-refractivity contribution < 1.29 is 17.6 Å². The minimum atomic E-state index is -3.65. The Morgan fingerprint density at radius 3 is 2.21 bits per heavy atom. The highest BCUT2D eigenvalue weighted by molar-refractivity contribution is 7.92. The van der Waals surface area contributed by atoms with Gasteiger partial charge in [0.05, 0.1) is 11.9 Å². The second kappa shape index (κ2) is 9.87. The number of anilines is 1. The molecule has 2 rings (SSSR count). The Kier molecular flexibility index (Phi) is 7.79. The first-order chi connectivity index (χ1) is 13.6. The first-order valence-corrected chi connectivity index (χ1v) is 11.6. The first-order valence-electron chi connectivity index (χ1n) is 9.71. The maximum atomic E-state index is 13.0. The molecule has 1 amide bonds. The van der Waals surface area contributed by atoms with Gasteiger partial charge in [-0.3, -0.25) is 9.10 Å². The zero-order valence-electron chi connectivity index (χ0n) is 17.4. The van der Waals surface area contributed by atoms with Crippen LogP contribution < -0.4 is 9.62 Å². The summed E-state index contributed by atoms with van der Waals surface area (Å²) in [4.78, 5) is 12.8. The van der Waals surface area contributed by atoms with Crippen molar-refractivity contribution in [2.24, 2.45) is 0 Å². The molecular weight excluding hydrogens is 391 g/mol. The molecule has 2 aromatic rings. The monoisotopic (exact) mass is 420 g/mol. The Morgan fingerprint density at radius 2 is 1.69 bits per heavy atom. The van der Waals surface area contributed by atoms with Gasteiger partial charge in [-0.25, -0.2) is 12.8 Å². The molecule has 0 fully saturated rings. The first kappa shape index (κ1) is 22.9. The highest BCUT2D eigenvalue weighted by Gasteiger charge is 2.31. The summed E-state index contributed by atoms with van der Waals surface area (Å²) in [6, 6.07) is 11.0. The summed E-state index contributed by atoms with van der Waals surface area (Å²) in [5.41, 5.74) is 3.35. The molecule has 1 N–H and O–H groups in total. The van der Waals surface area contributed by atoms with Gasteiger partial charge in [0.1, 0.15) is 11.9 Å². The molecule has 0 saturated heterocycles. The van der Waals surface area contributed by atoms with Gasteiger partial charge in [-0.05, 0) is 74.1 Å². The van der Waals surface area contributed by atoms with Crippen molar-refractivity contribution in [1.29, 1.82) is 0 Å². The van der Waals surface area contributed by atoms with E-state index in [1.165, 1.54) is 16.4 Å². The maximum Gasteiger partial charge on any atom is 0.243 e. The van der Waals surface area contributed by atoms with Crippen molar-refractivity contribution in [2.45, 2.75) is 46.1 Å². The van der Waals surface area contributed by atoms with E-state index in [2.05, 4.69) is 5.32 Å². The van der Waals surface area contributed by atoms with E-state index in [9.17, 15) is 17.6 Å². The van der Waals surface area contributed by atoms with E-state index in [1.807, 2.05) is 19.9 Å². The van der Waals surface area contributed by atoms with Crippen LogP contribution in [0.2, 0.25) is 0 Å². The smallest absolute Gasteiger partial charge is 0.243 e. The maximum absolute atomic E-state index is 13.0. The second-order valence-corrected chi connectivity index (χ2v) is 9.21. The van der Waals surface area contributed by atoms with E-state index in [4.69, 9.17) is 0 Å². The van der Waals surface area contributed by atoms with Gasteiger partial charge in [0, 0.05) is 6.54 Å². The fraction of sp³-hybridized carbons (Fsp3) is 0.409. The van der Waals surface area contributed by atoms with E-state index in [-0.39, 0.29) is 11.7 Å². The van der Waals surface area contributed by atoms with E-state index < -0.39 is 16.1 Å². The van der Waals surface area contributed by atoms with Crippen LogP contribution in [-0.4, -0.2) is 33.2 Å². The number of nitrogens with zero attached hydrogens (tertiary/aromatic N) is 1. The second-order valence-electron chi connectivity index (χ2n) is 7.35. The number of hydrogen-bond donors (Lipinski definition) is 1. The molecule has 0 aliphatic carbocycles. The molecule has 158 valence electrons. The lowest BCUT2D eigenvalue weighted by molar-refractivity contribution is -0.122. The molecule has 0 aromatic heterocycles. The van der Waals surface area contributed by atoms with Crippen LogP contribution in [0.25, 0.3) is 0 Å². The van der Waals surface area contributed by atoms with Gasteiger partial charge in [-0.2, -0.15) is 0 Å². The quantitative estimate of drug-likeness (QED) is 0.629. The van der Waals surface area contributed by atoms with Gasteiger partial charge < -0.3 is 5.32 Å². The van der Waals surface area contributed by atoms with Crippen LogP contribution in [0.4, 0.5) is 10.1 Å². The van der Waals surface area contributed by atoms with Gasteiger partial charge in [-0.1, -0.05) is 25.1 Å². The van der Waals surface area contributed by atoms with Gasteiger partial charge in [-0.15, -0.1) is 0 Å². The minimum Gasteiger partial charge on any atom is -0.354 e. The summed E-state index contributed by atoms with van der Waals surface area (Å²) in [5.74, 6) is -0.601. The molecule has 5 nitrogen and oxygen atoms in total. The Bertz CT molecular complexity index is 923. The summed E-state index contributed by atoms with van der Waals surface area (Å²) in [6.45, 7) is 6.00. The number of aryl methyl sites for hydroxylation is 3. The van der Waals surface area contributed by atoms with Crippen molar-refractivity contribution in [2.75, 3.05) is 17.1 Å². The zero-order valence-corrected chi connectivity index (χ0v) is 18.2. The lowest BCUT2D eigenvalue weighted by Crippen LogP contribution is -2.49. The third-order valence-electron chi connectivity index (χ3n) is 4.65. The topological polar surface area (TPSA) is 66.5 Å². The molecule has 29 heavy (non-hydrogen) atoms. The van der Waals surface area contributed by atoms with Crippen LogP contribution in [0.3, 0.4) is 0 Å². The highest BCUT2D eigenvalue weighted by atomic mass is 32.2. The molecule has 1 atom stereocenters. The van der Waals surface area contributed by atoms with Crippen LogP contribution >= 0.6 is 0 Å². The Balaban J connectivity index is 2.08. The van der Waals surface area contributed by atoms with E-state index in [0.717, 1.165) is 22.9 Å². The summed E-state index contributed by atoms with van der Waals surface area (Å²) < 4.78 is 39.2. The number of hydrogen-bond acceptors (Lipinski definition) is 3. The van der Waals surface area contributed by atoms with Crippen molar-refractivity contribution >= 4 is 21.6 Å². The molecule has 0 spiro atoms. The number of carbonyl (C=O) groups excluding carboxylic acids is 1. The summed E-state index contributed by atoms with van der Waals surface area (Å²) >= 11 is 0. The van der Waals surface area contributed by atoms with Gasteiger partial charge in [0.25, 0.3) is 0 Å². The largest absolute Gasteiger partial charge is 0.354 e. The average Bonchev–Trinajstić information content (AvgIpc) is 2.62. The molecule has 0 saturated carbocycles. The normalized spacial score (nSPS) is 12.4. The van der Waals surface area contributed by atoms with Crippen molar-refractivity contribution in [1.82, 2.24) is 5.32 Å². The Labute approximate surface area is 173 Å². The molecule has 0 bridgehead atoms. The van der Waals surface area contributed by atoms with Gasteiger partial charge in [0.15, 0.2) is 0 Å². The standard InChI is InChI=1S/C22H29FN2O3S/c1-5-21(22(26)24-12-6-7-18-8-10-19(23)11-9-18)25(29(4,27)28)20-14-16(2)13-17(3)15-20/h8-11,13-15,21H,5-7,12H2,1-4H3,(H,24,26)/t21-/m1/s1. The van der Waals surface area contributed by atoms with Gasteiger partial charge in [0.2, 0.25) is 15.9 Å². The predicted octanol–water partition coefficient (Wildman–Crippen LogP) is 3.74. The van der Waals surface area contributed by atoms with Crippen molar-refractivity contribution in [3.8, 4) is 0 Å². The molecule has 2 aromatic carbocycles. The number of nitrogens with one attached hydrogen (secondary N) is 1. The summed E-state index contributed by atoms with van der Waals surface area (Å²) in [5, 5.41) is 2.85. The van der Waals surface area contributed by atoms with Crippen LogP contribution in [-0.2, 0) is 21.2 Å². The predicted molar refractivity (Wildman–Crippen MR) is 115 cm³/mol. The SMILES string of the molecule is CC[C@H](C(=O)NCCCc1ccc(F)cc1)N(c1cc(C)cc(C)c1)S(C)(=O)=O. The molecule has 0 aliphatic heterocycles. The lowest BCUT2D eigenvalue weighted by Gasteiger charge is -2.30.